The molecular formula is C9H8N2O2. The van der Waals surface area contributed by atoms with Crippen LogP contribution in [-0.4, -0.2) is 25.0 Å². The van der Waals surface area contributed by atoms with Crippen LogP contribution in [-0.2, 0) is 9.53 Å². The molecule has 0 saturated carbocycles. The summed E-state index contributed by atoms with van der Waals surface area (Å²) in [5, 5.41) is 7.65. The third-order valence-corrected chi connectivity index (χ3v) is 1.98. The molecule has 66 valence electrons. The smallest absolute Gasteiger partial charge is 0.334 e. The molecule has 0 atom stereocenters. The van der Waals surface area contributed by atoms with Gasteiger partial charge in [-0.3, -0.25) is 0 Å². The molecule has 0 aromatic heterocycles. The van der Waals surface area contributed by atoms with Gasteiger partial charge in [-0.2, -0.15) is 10.2 Å². The lowest BCUT2D eigenvalue weighted by Gasteiger charge is -2.08. The fourth-order valence-corrected chi connectivity index (χ4v) is 1.27. The SMILES string of the molecule is COC(=O)C1=CC=C2C=NN=C2C1. The number of carbonyl (C=O) groups excluding carboxylic acids is 1. The number of nitrogens with zero attached hydrogens (tertiary/aromatic N) is 2. The highest BCUT2D eigenvalue weighted by atomic mass is 16.5. The van der Waals surface area contributed by atoms with Gasteiger partial charge in [-0.15, -0.1) is 0 Å². The molecule has 0 aromatic carbocycles. The first-order valence-corrected chi connectivity index (χ1v) is 3.90. The zero-order valence-corrected chi connectivity index (χ0v) is 7.15. The van der Waals surface area contributed by atoms with Gasteiger partial charge < -0.3 is 4.74 Å². The Morgan fingerprint density at radius 3 is 3.15 bits per heavy atom. The molecule has 0 fully saturated rings. The number of carbonyl (C=O) groups is 1. The maximum atomic E-state index is 11.1. The van der Waals surface area contributed by atoms with E-state index >= 15 is 0 Å². The normalized spacial score (nSPS) is 18.7. The first kappa shape index (κ1) is 7.91. The molecule has 4 nitrogen and oxygen atoms in total. The second kappa shape index (κ2) is 2.97. The lowest BCUT2D eigenvalue weighted by molar-refractivity contribution is -0.136. The molecule has 0 unspecified atom stereocenters. The first-order chi connectivity index (χ1) is 6.31. The summed E-state index contributed by atoms with van der Waals surface area (Å²) in [4.78, 5) is 11.1. The minimum absolute atomic E-state index is 0.301. The number of esters is 1. The Balaban J connectivity index is 2.25. The van der Waals surface area contributed by atoms with Gasteiger partial charge >= 0.3 is 5.97 Å². The van der Waals surface area contributed by atoms with Crippen molar-refractivity contribution in [2.24, 2.45) is 10.2 Å². The Morgan fingerprint density at radius 2 is 2.38 bits per heavy atom. The number of rotatable bonds is 1. The minimum atomic E-state index is -0.301. The summed E-state index contributed by atoms with van der Waals surface area (Å²) in [5.41, 5.74) is 2.44. The van der Waals surface area contributed by atoms with E-state index in [1.54, 1.807) is 12.3 Å². The predicted octanol–water partition coefficient (Wildman–Crippen LogP) is 0.856. The molecule has 1 aliphatic carbocycles. The fraction of sp³-hybridized carbons (Fsp3) is 0.222. The average Bonchev–Trinajstić information content (AvgIpc) is 2.63. The van der Waals surface area contributed by atoms with Gasteiger partial charge in [-0.1, -0.05) is 12.2 Å². The second-order valence-electron chi connectivity index (χ2n) is 2.77. The van der Waals surface area contributed by atoms with E-state index in [1.165, 1.54) is 7.11 Å². The highest BCUT2D eigenvalue weighted by Gasteiger charge is 2.20. The van der Waals surface area contributed by atoms with E-state index in [9.17, 15) is 4.79 Å². The number of hydrogen-bond donors (Lipinski definition) is 0. The van der Waals surface area contributed by atoms with Crippen molar-refractivity contribution in [3.05, 3.63) is 23.3 Å². The van der Waals surface area contributed by atoms with E-state index in [2.05, 4.69) is 14.9 Å². The third kappa shape index (κ3) is 1.30. The molecule has 0 saturated heterocycles. The van der Waals surface area contributed by atoms with Crippen molar-refractivity contribution < 1.29 is 9.53 Å². The van der Waals surface area contributed by atoms with Crippen molar-refractivity contribution in [3.8, 4) is 0 Å². The van der Waals surface area contributed by atoms with Gasteiger partial charge in [0, 0.05) is 17.6 Å². The molecule has 0 aromatic rings. The summed E-state index contributed by atoms with van der Waals surface area (Å²) in [5.74, 6) is -0.301. The fourth-order valence-electron chi connectivity index (χ4n) is 1.27. The van der Waals surface area contributed by atoms with Crippen LogP contribution in [0.3, 0.4) is 0 Å². The highest BCUT2D eigenvalue weighted by molar-refractivity contribution is 6.21. The van der Waals surface area contributed by atoms with Crippen molar-refractivity contribution >= 4 is 17.9 Å². The van der Waals surface area contributed by atoms with Gasteiger partial charge in [0.25, 0.3) is 0 Å². The largest absolute Gasteiger partial charge is 0.466 e. The predicted molar refractivity (Wildman–Crippen MR) is 48.7 cm³/mol. The molecule has 2 aliphatic rings. The first-order valence-electron chi connectivity index (χ1n) is 3.90. The van der Waals surface area contributed by atoms with Crippen LogP contribution in [0.15, 0.2) is 33.5 Å². The molecule has 13 heavy (non-hydrogen) atoms. The molecule has 0 amide bonds. The van der Waals surface area contributed by atoms with E-state index < -0.39 is 0 Å². The monoisotopic (exact) mass is 176 g/mol. The second-order valence-corrected chi connectivity index (χ2v) is 2.77. The van der Waals surface area contributed by atoms with E-state index in [4.69, 9.17) is 0 Å². The Kier molecular flexibility index (Phi) is 1.81. The van der Waals surface area contributed by atoms with Crippen LogP contribution < -0.4 is 0 Å². The Morgan fingerprint density at radius 1 is 1.54 bits per heavy atom. The van der Waals surface area contributed by atoms with Gasteiger partial charge in [-0.25, -0.2) is 4.79 Å². The van der Waals surface area contributed by atoms with E-state index in [1.807, 2.05) is 6.08 Å². The Bertz CT molecular complexity index is 375. The van der Waals surface area contributed by atoms with Crippen molar-refractivity contribution in [2.45, 2.75) is 6.42 Å². The molecule has 4 heteroatoms. The Hall–Kier alpha value is -1.71. The molecule has 0 N–H and O–H groups in total. The average molecular weight is 176 g/mol. The highest BCUT2D eigenvalue weighted by Crippen LogP contribution is 2.19. The molecule has 2 rings (SSSR count). The van der Waals surface area contributed by atoms with Crippen LogP contribution in [0.4, 0.5) is 0 Å². The van der Waals surface area contributed by atoms with Gasteiger partial charge in [0.2, 0.25) is 0 Å². The van der Waals surface area contributed by atoms with Gasteiger partial charge in [0.15, 0.2) is 0 Å². The molecule has 1 heterocycles. The minimum Gasteiger partial charge on any atom is -0.466 e. The summed E-state index contributed by atoms with van der Waals surface area (Å²) in [6.07, 6.45) is 5.76. The van der Waals surface area contributed by atoms with Gasteiger partial charge in [0.1, 0.15) is 0 Å². The van der Waals surface area contributed by atoms with E-state index in [-0.39, 0.29) is 5.97 Å². The number of ether oxygens (including phenoxy) is 1. The van der Waals surface area contributed by atoms with E-state index in [0.29, 0.717) is 12.0 Å². The molecule has 0 spiro atoms. The molecule has 1 aliphatic heterocycles. The molecular weight excluding hydrogens is 168 g/mol. The maximum Gasteiger partial charge on any atom is 0.334 e. The zero-order valence-electron chi connectivity index (χ0n) is 7.15. The van der Waals surface area contributed by atoms with Crippen LogP contribution in [0, 0.1) is 0 Å². The summed E-state index contributed by atoms with van der Waals surface area (Å²) in [6, 6.07) is 0. The number of allylic oxidation sites excluding steroid dienone is 3. The van der Waals surface area contributed by atoms with Gasteiger partial charge in [-0.05, 0) is 0 Å². The summed E-state index contributed by atoms with van der Waals surface area (Å²) in [6.45, 7) is 0. The van der Waals surface area contributed by atoms with Crippen molar-refractivity contribution in [2.75, 3.05) is 7.11 Å². The summed E-state index contributed by atoms with van der Waals surface area (Å²) in [7, 11) is 1.37. The summed E-state index contributed by atoms with van der Waals surface area (Å²) >= 11 is 0. The van der Waals surface area contributed by atoms with Crippen LogP contribution in [0.25, 0.3) is 0 Å². The quantitative estimate of drug-likeness (QED) is 0.556. The van der Waals surface area contributed by atoms with Crippen LogP contribution >= 0.6 is 0 Å². The van der Waals surface area contributed by atoms with Gasteiger partial charge in [0.05, 0.1) is 19.0 Å². The number of fused-ring (bicyclic) bond motifs is 1. The number of hydrogen-bond acceptors (Lipinski definition) is 4. The van der Waals surface area contributed by atoms with E-state index in [0.717, 1.165) is 11.3 Å². The lowest BCUT2D eigenvalue weighted by Crippen LogP contribution is -2.13. The molecule has 0 bridgehead atoms. The van der Waals surface area contributed by atoms with Crippen LogP contribution in [0.2, 0.25) is 0 Å². The van der Waals surface area contributed by atoms with Crippen molar-refractivity contribution in [1.29, 1.82) is 0 Å². The topological polar surface area (TPSA) is 51.0 Å². The maximum absolute atomic E-state index is 11.1. The summed E-state index contributed by atoms with van der Waals surface area (Å²) < 4.78 is 4.61. The van der Waals surface area contributed by atoms with Crippen molar-refractivity contribution in [3.63, 3.8) is 0 Å². The van der Waals surface area contributed by atoms with Crippen molar-refractivity contribution in [1.82, 2.24) is 0 Å². The number of methoxy groups -OCH3 is 1. The van der Waals surface area contributed by atoms with Crippen LogP contribution in [0.1, 0.15) is 6.42 Å². The zero-order chi connectivity index (χ0) is 9.26. The molecule has 0 radical (unpaired) electrons. The Labute approximate surface area is 75.3 Å². The van der Waals surface area contributed by atoms with Crippen LogP contribution in [0.5, 0.6) is 0 Å². The standard InChI is InChI=1S/C9H8N2O2/c1-13-9(12)6-2-3-7-5-10-11-8(7)4-6/h2-3,5H,4H2,1H3. The third-order valence-electron chi connectivity index (χ3n) is 1.98. The lowest BCUT2D eigenvalue weighted by atomic mass is 9.97.